The summed E-state index contributed by atoms with van der Waals surface area (Å²) < 4.78 is 29.7. The Morgan fingerprint density at radius 2 is 2.14 bits per heavy atom. The minimum atomic E-state index is -0.772. The molecule has 4 rings (SSSR count). The van der Waals surface area contributed by atoms with Gasteiger partial charge in [-0.25, -0.2) is 13.6 Å². The van der Waals surface area contributed by atoms with E-state index in [-0.39, 0.29) is 22.8 Å². The Labute approximate surface area is 208 Å². The molecule has 1 amide bonds. The van der Waals surface area contributed by atoms with Crippen LogP contribution in [0, 0.1) is 11.6 Å². The fourth-order valence-corrected chi connectivity index (χ4v) is 5.39. The Bertz CT molecular complexity index is 1470. The van der Waals surface area contributed by atoms with E-state index in [1.165, 1.54) is 40.5 Å². The minimum absolute atomic E-state index is 0.0755. The maximum atomic E-state index is 14.7. The molecule has 0 bridgehead atoms. The van der Waals surface area contributed by atoms with E-state index < -0.39 is 23.2 Å². The van der Waals surface area contributed by atoms with E-state index in [4.69, 9.17) is 11.6 Å². The Morgan fingerprint density at radius 3 is 2.83 bits per heavy atom. The maximum Gasteiger partial charge on any atom is 0.350 e. The van der Waals surface area contributed by atoms with Gasteiger partial charge in [-0.2, -0.15) is 4.98 Å². The van der Waals surface area contributed by atoms with Gasteiger partial charge in [0, 0.05) is 65.1 Å². The summed E-state index contributed by atoms with van der Waals surface area (Å²) in [7, 11) is 1.48. The molecule has 7 nitrogen and oxygen atoms in total. The van der Waals surface area contributed by atoms with Crippen molar-refractivity contribution < 1.29 is 18.4 Å². The highest BCUT2D eigenvalue weighted by Gasteiger charge is 2.25. The van der Waals surface area contributed by atoms with E-state index in [0.29, 0.717) is 45.6 Å². The molecule has 0 saturated heterocycles. The highest BCUT2D eigenvalue weighted by Crippen LogP contribution is 2.45. The molecule has 0 saturated carbocycles. The van der Waals surface area contributed by atoms with Crippen LogP contribution in [0.2, 0.25) is 5.02 Å². The summed E-state index contributed by atoms with van der Waals surface area (Å²) in [4.78, 5) is 41.9. The zero-order chi connectivity index (χ0) is 25.3. The van der Waals surface area contributed by atoms with Crippen LogP contribution in [0.5, 0.6) is 0 Å². The van der Waals surface area contributed by atoms with E-state index in [1.54, 1.807) is 6.07 Å². The number of allylic oxidation sites excluding steroid dienone is 1. The van der Waals surface area contributed by atoms with E-state index in [9.17, 15) is 23.2 Å². The Morgan fingerprint density at radius 1 is 1.37 bits per heavy atom. The molecule has 0 fully saturated rings. The Balaban J connectivity index is 1.92. The zero-order valence-electron chi connectivity index (χ0n) is 18.5. The molecule has 1 aliphatic rings. The van der Waals surface area contributed by atoms with Crippen LogP contribution in [0.15, 0.2) is 58.5 Å². The van der Waals surface area contributed by atoms with Gasteiger partial charge in [-0.1, -0.05) is 18.2 Å². The van der Waals surface area contributed by atoms with E-state index in [2.05, 4.69) is 16.9 Å². The second-order valence-corrected chi connectivity index (χ2v) is 9.09. The predicted octanol–water partition coefficient (Wildman–Crippen LogP) is 4.59. The number of hydrogen-bond acceptors (Lipinski definition) is 6. The van der Waals surface area contributed by atoms with Gasteiger partial charge >= 0.3 is 5.69 Å². The highest BCUT2D eigenvalue weighted by molar-refractivity contribution is 7.99. The molecule has 11 heteroatoms. The van der Waals surface area contributed by atoms with Crippen molar-refractivity contribution >= 4 is 52.3 Å². The number of nitrogens with one attached hydrogen (secondary N) is 1. The largest absolute Gasteiger partial charge is 0.350 e. The van der Waals surface area contributed by atoms with Gasteiger partial charge in [-0.05, 0) is 24.3 Å². The third kappa shape index (κ3) is 4.59. The van der Waals surface area contributed by atoms with Crippen molar-refractivity contribution in [2.45, 2.75) is 17.9 Å². The van der Waals surface area contributed by atoms with Crippen LogP contribution < -0.4 is 11.0 Å². The van der Waals surface area contributed by atoms with Gasteiger partial charge < -0.3 is 15.0 Å². The van der Waals surface area contributed by atoms with Crippen molar-refractivity contribution in [2.75, 3.05) is 18.1 Å². The molecular formula is C24H19ClF2N4O3S. The van der Waals surface area contributed by atoms with Crippen molar-refractivity contribution in [3.8, 4) is 11.1 Å². The molecule has 0 unspecified atom stereocenters. The molecule has 180 valence electrons. The van der Waals surface area contributed by atoms with Crippen LogP contribution in [0.3, 0.4) is 0 Å². The molecule has 1 N–H and O–H groups in total. The average molecular weight is 517 g/mol. The highest BCUT2D eigenvalue weighted by atomic mass is 35.5. The van der Waals surface area contributed by atoms with Crippen molar-refractivity contribution in [2.24, 2.45) is 0 Å². The van der Waals surface area contributed by atoms with Crippen molar-refractivity contribution in [3.05, 3.63) is 76.0 Å². The second-order valence-electron chi connectivity index (χ2n) is 7.58. The fourth-order valence-electron chi connectivity index (χ4n) is 3.83. The number of aldehydes is 1. The number of amides is 1. The van der Waals surface area contributed by atoms with Crippen molar-refractivity contribution in [1.29, 1.82) is 0 Å². The molecule has 0 radical (unpaired) electrons. The summed E-state index contributed by atoms with van der Waals surface area (Å²) in [6.45, 7) is 3.82. The molecule has 2 aromatic carbocycles. The second kappa shape index (κ2) is 10.0. The van der Waals surface area contributed by atoms with Crippen LogP contribution in [-0.2, 0) is 16.1 Å². The number of nitrogens with zero attached hydrogens (tertiary/aromatic N) is 3. The summed E-state index contributed by atoms with van der Waals surface area (Å²) in [6, 6.07) is 4.80. The summed E-state index contributed by atoms with van der Waals surface area (Å²) >= 11 is 8.01. The van der Waals surface area contributed by atoms with Crippen LogP contribution in [0.4, 0.5) is 14.6 Å². The van der Waals surface area contributed by atoms with E-state index >= 15 is 0 Å². The average Bonchev–Trinajstić information content (AvgIpc) is 2.84. The number of carbonyl (C=O) groups excluding carboxylic acids is 2. The number of aryl methyl sites for hydroxylation is 1. The molecular weight excluding hydrogens is 498 g/mol. The molecule has 0 atom stereocenters. The normalized spacial score (nSPS) is 13.0. The first kappa shape index (κ1) is 24.6. The van der Waals surface area contributed by atoms with E-state index in [1.807, 2.05) is 0 Å². The Kier molecular flexibility index (Phi) is 7.04. The summed E-state index contributed by atoms with van der Waals surface area (Å²) in [5, 5.41) is 3.60. The number of hydrogen-bond donors (Lipinski definition) is 1. The van der Waals surface area contributed by atoms with Crippen molar-refractivity contribution in [3.63, 3.8) is 0 Å². The number of thioether (sulfide) groups is 1. The lowest BCUT2D eigenvalue weighted by Gasteiger charge is -2.24. The first-order valence-corrected chi connectivity index (χ1v) is 11.8. The third-order valence-electron chi connectivity index (χ3n) is 5.54. The number of aromatic nitrogens is 2. The molecule has 0 spiro atoms. The fraction of sp³-hybridized carbons (Fsp3) is 0.167. The van der Waals surface area contributed by atoms with Gasteiger partial charge in [0.15, 0.2) is 0 Å². The minimum Gasteiger partial charge on any atom is -0.344 e. The van der Waals surface area contributed by atoms with Gasteiger partial charge in [-0.15, -0.1) is 11.8 Å². The number of benzene rings is 2. The van der Waals surface area contributed by atoms with Gasteiger partial charge in [0.05, 0.1) is 10.5 Å². The quantitative estimate of drug-likeness (QED) is 0.365. The van der Waals surface area contributed by atoms with Crippen LogP contribution >= 0.6 is 23.4 Å². The number of likely N-dealkylation sites (N-methyl/N-ethyl adjacent to an activating group) is 1. The maximum absolute atomic E-state index is 14.7. The lowest BCUT2D eigenvalue weighted by molar-refractivity contribution is -0.123. The monoisotopic (exact) mass is 516 g/mol. The molecule has 1 aliphatic heterocycles. The first-order chi connectivity index (χ1) is 16.8. The zero-order valence-corrected chi connectivity index (χ0v) is 20.1. The molecule has 1 aromatic heterocycles. The number of rotatable bonds is 7. The summed E-state index contributed by atoms with van der Waals surface area (Å²) in [5.74, 6) is -1.22. The summed E-state index contributed by atoms with van der Waals surface area (Å²) in [6.07, 6.45) is 3.07. The number of halogens is 3. The molecule has 2 heterocycles. The molecule has 35 heavy (non-hydrogen) atoms. The lowest BCUT2D eigenvalue weighted by Crippen LogP contribution is -2.28. The standard InChI is InChI=1S/C24H19ClF2N4O3S/c1-3-19(33)30(2)14(6-8-32)12-28-23-16-11-17(25)20(15-5-4-13(26)10-18(15)27)22-21(16)31(7-9-35-22)24(34)29-23/h3-5,8,10-12H,1,6-7,9H2,2H3,(H,28,29,34)/b14-12+. The SMILES string of the molecule is C=CC(=O)N(C)/C(=C/Nc1nc(=O)n2c3c(c(-c4ccc(F)cc4F)c(Cl)cc13)SCC2)CC=O. The predicted molar refractivity (Wildman–Crippen MR) is 132 cm³/mol. The first-order valence-electron chi connectivity index (χ1n) is 10.4. The Hall–Kier alpha value is -3.50. The number of carbonyl (C=O) groups is 2. The van der Waals surface area contributed by atoms with Crippen LogP contribution in [0.25, 0.3) is 22.0 Å². The van der Waals surface area contributed by atoms with Crippen LogP contribution in [-0.4, -0.2) is 39.4 Å². The third-order valence-corrected chi connectivity index (χ3v) is 6.91. The van der Waals surface area contributed by atoms with Gasteiger partial charge in [0.25, 0.3) is 0 Å². The van der Waals surface area contributed by atoms with Crippen molar-refractivity contribution in [1.82, 2.24) is 14.5 Å². The van der Waals surface area contributed by atoms with Gasteiger partial charge in [0.1, 0.15) is 23.7 Å². The molecule has 0 aliphatic carbocycles. The van der Waals surface area contributed by atoms with Gasteiger partial charge in [-0.3, -0.25) is 9.36 Å². The summed E-state index contributed by atoms with van der Waals surface area (Å²) in [5.41, 5.74) is 0.774. The lowest BCUT2D eigenvalue weighted by atomic mass is 10.0. The van der Waals surface area contributed by atoms with Gasteiger partial charge in [0.2, 0.25) is 5.91 Å². The topological polar surface area (TPSA) is 84.3 Å². The number of anilines is 1. The van der Waals surface area contributed by atoms with E-state index in [0.717, 1.165) is 18.2 Å². The van der Waals surface area contributed by atoms with Crippen LogP contribution in [0.1, 0.15) is 6.42 Å². The smallest absolute Gasteiger partial charge is 0.344 e. The molecule has 3 aromatic rings.